The van der Waals surface area contributed by atoms with Crippen LogP contribution in [0, 0.1) is 0 Å². The molecule has 0 heterocycles. The molecule has 80 valence electrons. The first kappa shape index (κ1) is 13.2. The molecule has 0 saturated carbocycles. The molecule has 0 aromatic rings. The standard InChI is InChI=1S/C7H16ClNO3S/c1-2-3-4-9(5-6-10)13(11,12)7-8/h10H,2-7H2,1H3. The Morgan fingerprint density at radius 2 is 2.00 bits per heavy atom. The van der Waals surface area contributed by atoms with Crippen LogP contribution in [0.1, 0.15) is 19.8 Å². The maximum Gasteiger partial charge on any atom is 0.228 e. The summed E-state index contributed by atoms with van der Waals surface area (Å²) in [5, 5.41) is 8.23. The second-order valence-corrected chi connectivity index (χ2v) is 5.25. The van der Waals surface area contributed by atoms with Crippen molar-refractivity contribution in [1.82, 2.24) is 4.31 Å². The first-order chi connectivity index (χ1) is 6.08. The van der Waals surface area contributed by atoms with Gasteiger partial charge in [0.25, 0.3) is 0 Å². The molecule has 1 N–H and O–H groups in total. The first-order valence-corrected chi connectivity index (χ1v) is 6.37. The van der Waals surface area contributed by atoms with Gasteiger partial charge in [0.05, 0.1) is 6.61 Å². The van der Waals surface area contributed by atoms with Gasteiger partial charge in [-0.25, -0.2) is 8.42 Å². The molecule has 0 aliphatic rings. The topological polar surface area (TPSA) is 57.6 Å². The van der Waals surface area contributed by atoms with Crippen LogP contribution in [0.15, 0.2) is 0 Å². The van der Waals surface area contributed by atoms with Gasteiger partial charge in [0.1, 0.15) is 5.21 Å². The summed E-state index contributed by atoms with van der Waals surface area (Å²) >= 11 is 5.29. The average Bonchev–Trinajstić information content (AvgIpc) is 2.12. The third-order valence-electron chi connectivity index (χ3n) is 1.64. The van der Waals surface area contributed by atoms with E-state index in [2.05, 4.69) is 0 Å². The van der Waals surface area contributed by atoms with E-state index in [0.29, 0.717) is 6.54 Å². The van der Waals surface area contributed by atoms with Gasteiger partial charge in [0.2, 0.25) is 10.0 Å². The number of aliphatic hydroxyl groups excluding tert-OH is 1. The van der Waals surface area contributed by atoms with Crippen LogP contribution >= 0.6 is 11.6 Å². The third-order valence-corrected chi connectivity index (χ3v) is 3.90. The normalized spacial score (nSPS) is 12.3. The van der Waals surface area contributed by atoms with Gasteiger partial charge in [-0.15, -0.1) is 11.6 Å². The van der Waals surface area contributed by atoms with E-state index in [1.54, 1.807) is 0 Å². The first-order valence-electron chi connectivity index (χ1n) is 4.23. The van der Waals surface area contributed by atoms with Crippen molar-refractivity contribution in [3.05, 3.63) is 0 Å². The Morgan fingerprint density at radius 3 is 2.38 bits per heavy atom. The van der Waals surface area contributed by atoms with Crippen LogP contribution in [0.4, 0.5) is 0 Å². The minimum absolute atomic E-state index is 0.134. The van der Waals surface area contributed by atoms with E-state index in [1.165, 1.54) is 4.31 Å². The lowest BCUT2D eigenvalue weighted by Crippen LogP contribution is -2.35. The van der Waals surface area contributed by atoms with Crippen molar-refractivity contribution in [3.63, 3.8) is 0 Å². The van der Waals surface area contributed by atoms with Gasteiger partial charge in [0.15, 0.2) is 0 Å². The van der Waals surface area contributed by atoms with Crippen LogP contribution < -0.4 is 0 Å². The van der Waals surface area contributed by atoms with Gasteiger partial charge in [-0.1, -0.05) is 13.3 Å². The lowest BCUT2D eigenvalue weighted by Gasteiger charge is -2.19. The minimum atomic E-state index is -3.36. The van der Waals surface area contributed by atoms with Gasteiger partial charge < -0.3 is 5.11 Å². The molecule has 0 spiro atoms. The highest BCUT2D eigenvalue weighted by Crippen LogP contribution is 2.05. The molecule has 4 nitrogen and oxygen atoms in total. The lowest BCUT2D eigenvalue weighted by atomic mass is 10.3. The zero-order valence-electron chi connectivity index (χ0n) is 7.74. The molecule has 0 aliphatic carbocycles. The number of halogens is 1. The van der Waals surface area contributed by atoms with Crippen LogP contribution in [-0.4, -0.2) is 42.7 Å². The highest BCUT2D eigenvalue weighted by atomic mass is 35.5. The molecule has 6 heteroatoms. The smallest absolute Gasteiger partial charge is 0.228 e. The predicted molar refractivity (Wildman–Crippen MR) is 53.2 cm³/mol. The fourth-order valence-corrected chi connectivity index (χ4v) is 2.22. The Morgan fingerprint density at radius 1 is 1.38 bits per heavy atom. The summed E-state index contributed by atoms with van der Waals surface area (Å²) in [6.45, 7) is 2.38. The van der Waals surface area contributed by atoms with Gasteiger partial charge in [-0.05, 0) is 6.42 Å². The van der Waals surface area contributed by atoms with Crippen molar-refractivity contribution in [3.8, 4) is 0 Å². The summed E-state index contributed by atoms with van der Waals surface area (Å²) in [4.78, 5) is 0. The number of alkyl halides is 1. The largest absolute Gasteiger partial charge is 0.395 e. The summed E-state index contributed by atoms with van der Waals surface area (Å²) in [6, 6.07) is 0. The molecular weight excluding hydrogens is 214 g/mol. The van der Waals surface area contributed by atoms with E-state index < -0.39 is 15.2 Å². The fraction of sp³-hybridized carbons (Fsp3) is 1.00. The van der Waals surface area contributed by atoms with Crippen molar-refractivity contribution < 1.29 is 13.5 Å². The van der Waals surface area contributed by atoms with Gasteiger partial charge in [0, 0.05) is 13.1 Å². The maximum atomic E-state index is 11.3. The van der Waals surface area contributed by atoms with Crippen LogP contribution in [0.2, 0.25) is 0 Å². The number of rotatable bonds is 7. The second-order valence-electron chi connectivity index (χ2n) is 2.70. The van der Waals surface area contributed by atoms with Crippen molar-refractivity contribution in [2.45, 2.75) is 19.8 Å². The number of hydrogen-bond acceptors (Lipinski definition) is 3. The SMILES string of the molecule is CCCCN(CCO)S(=O)(=O)CCl. The second kappa shape index (κ2) is 6.59. The van der Waals surface area contributed by atoms with Crippen LogP contribution in [0.5, 0.6) is 0 Å². The Labute approximate surface area is 84.5 Å². The fourth-order valence-electron chi connectivity index (χ4n) is 0.905. The maximum absolute atomic E-state index is 11.3. The lowest BCUT2D eigenvalue weighted by molar-refractivity contribution is 0.253. The highest BCUT2D eigenvalue weighted by molar-refractivity contribution is 7.90. The van der Waals surface area contributed by atoms with E-state index in [0.717, 1.165) is 12.8 Å². The molecule has 0 aromatic heterocycles. The molecular formula is C7H16ClNO3S. The van der Waals surface area contributed by atoms with E-state index in [4.69, 9.17) is 16.7 Å². The van der Waals surface area contributed by atoms with Crippen molar-refractivity contribution in [1.29, 1.82) is 0 Å². The predicted octanol–water partition coefficient (Wildman–Crippen LogP) is 0.607. The third kappa shape index (κ3) is 4.81. The number of sulfonamides is 1. The number of nitrogens with zero attached hydrogens (tertiary/aromatic N) is 1. The summed E-state index contributed by atoms with van der Waals surface area (Å²) in [5.74, 6) is 0. The van der Waals surface area contributed by atoms with Crippen molar-refractivity contribution in [2.75, 3.05) is 24.9 Å². The molecule has 0 rings (SSSR count). The van der Waals surface area contributed by atoms with E-state index in [-0.39, 0.29) is 13.2 Å². The highest BCUT2D eigenvalue weighted by Gasteiger charge is 2.19. The molecule has 0 bridgehead atoms. The molecule has 0 atom stereocenters. The zero-order chi connectivity index (χ0) is 10.3. The van der Waals surface area contributed by atoms with E-state index in [9.17, 15) is 8.42 Å². The summed E-state index contributed by atoms with van der Waals surface area (Å²) in [7, 11) is -3.36. The monoisotopic (exact) mass is 229 g/mol. The Balaban J connectivity index is 4.23. The zero-order valence-corrected chi connectivity index (χ0v) is 9.31. The summed E-state index contributed by atoms with van der Waals surface area (Å²) in [6.07, 6.45) is 1.70. The average molecular weight is 230 g/mol. The molecule has 0 unspecified atom stereocenters. The molecule has 0 saturated heterocycles. The van der Waals surface area contributed by atoms with Gasteiger partial charge in [-0.2, -0.15) is 4.31 Å². The van der Waals surface area contributed by atoms with Crippen molar-refractivity contribution >= 4 is 21.6 Å². The summed E-state index contributed by atoms with van der Waals surface area (Å²) < 4.78 is 23.8. The number of unbranched alkanes of at least 4 members (excludes halogenated alkanes) is 1. The Bertz CT molecular complexity index is 218. The molecule has 0 amide bonds. The van der Waals surface area contributed by atoms with Crippen LogP contribution in [0.25, 0.3) is 0 Å². The molecule has 0 aliphatic heterocycles. The number of aliphatic hydroxyl groups is 1. The molecule has 0 fully saturated rings. The Kier molecular flexibility index (Phi) is 6.67. The van der Waals surface area contributed by atoms with Gasteiger partial charge >= 0.3 is 0 Å². The minimum Gasteiger partial charge on any atom is -0.395 e. The molecule has 0 aromatic carbocycles. The number of hydrogen-bond donors (Lipinski definition) is 1. The van der Waals surface area contributed by atoms with E-state index in [1.807, 2.05) is 6.92 Å². The van der Waals surface area contributed by atoms with E-state index >= 15 is 0 Å². The van der Waals surface area contributed by atoms with Gasteiger partial charge in [-0.3, -0.25) is 0 Å². The molecule has 0 radical (unpaired) electrons. The van der Waals surface area contributed by atoms with Crippen LogP contribution in [0.3, 0.4) is 0 Å². The Hall–Kier alpha value is 0.160. The van der Waals surface area contributed by atoms with Crippen LogP contribution in [-0.2, 0) is 10.0 Å². The quantitative estimate of drug-likeness (QED) is 0.651. The molecule has 13 heavy (non-hydrogen) atoms. The van der Waals surface area contributed by atoms with Crippen molar-refractivity contribution in [2.24, 2.45) is 0 Å². The summed E-state index contributed by atoms with van der Waals surface area (Å²) in [5.41, 5.74) is 0.